The second-order valence-corrected chi connectivity index (χ2v) is 4.52. The van der Waals surface area contributed by atoms with Crippen LogP contribution in [0.4, 0.5) is 0 Å². The molecule has 2 heteroatoms. The van der Waals surface area contributed by atoms with Gasteiger partial charge in [-0.25, -0.2) is 0 Å². The third-order valence-corrected chi connectivity index (χ3v) is 2.62. The Morgan fingerprint density at radius 2 is 1.81 bits per heavy atom. The fraction of sp³-hybridized carbons (Fsp3) is 0.571. The fourth-order valence-corrected chi connectivity index (χ4v) is 1.43. The Morgan fingerprint density at radius 1 is 1.19 bits per heavy atom. The van der Waals surface area contributed by atoms with Gasteiger partial charge >= 0.3 is 0 Å². The summed E-state index contributed by atoms with van der Waals surface area (Å²) in [5.74, 6) is 1.55. The molecule has 0 fully saturated rings. The Balaban J connectivity index is 2.45. The topological polar surface area (TPSA) is 29.5 Å². The van der Waals surface area contributed by atoms with E-state index in [1.165, 1.54) is 0 Å². The van der Waals surface area contributed by atoms with Crippen molar-refractivity contribution in [1.82, 2.24) is 0 Å². The first kappa shape index (κ1) is 13.0. The van der Waals surface area contributed by atoms with Crippen LogP contribution in [-0.4, -0.2) is 11.7 Å². The average Bonchev–Trinajstić information content (AvgIpc) is 2.28. The first-order valence-corrected chi connectivity index (χ1v) is 6.04. The molecule has 90 valence electrons. The minimum Gasteiger partial charge on any atom is -0.494 e. The van der Waals surface area contributed by atoms with Crippen LogP contribution in [0.5, 0.6) is 5.75 Å². The molecule has 0 aromatic heterocycles. The van der Waals surface area contributed by atoms with E-state index in [4.69, 9.17) is 4.74 Å². The summed E-state index contributed by atoms with van der Waals surface area (Å²) in [5, 5.41) is 9.63. The van der Waals surface area contributed by atoms with Crippen LogP contribution in [0, 0.1) is 5.92 Å². The maximum absolute atomic E-state index is 9.63. The monoisotopic (exact) mass is 222 g/mol. The second kappa shape index (κ2) is 6.54. The van der Waals surface area contributed by atoms with Crippen LogP contribution in [0.3, 0.4) is 0 Å². The molecule has 0 aliphatic rings. The highest BCUT2D eigenvalue weighted by atomic mass is 16.5. The van der Waals surface area contributed by atoms with Gasteiger partial charge in [-0.3, -0.25) is 0 Å². The van der Waals surface area contributed by atoms with Gasteiger partial charge in [0.05, 0.1) is 12.7 Å². The summed E-state index contributed by atoms with van der Waals surface area (Å²) in [6.07, 6.45) is 1.46. The van der Waals surface area contributed by atoms with Crippen molar-refractivity contribution in [3.05, 3.63) is 29.8 Å². The average molecular weight is 222 g/mol. The first-order chi connectivity index (χ1) is 7.63. The molecule has 0 bridgehead atoms. The number of rotatable bonds is 6. The van der Waals surface area contributed by atoms with Gasteiger partial charge in [-0.05, 0) is 36.5 Å². The van der Waals surface area contributed by atoms with Gasteiger partial charge in [-0.15, -0.1) is 0 Å². The van der Waals surface area contributed by atoms with Crippen LogP contribution in [-0.2, 0) is 0 Å². The molecule has 0 radical (unpaired) electrons. The van der Waals surface area contributed by atoms with Crippen molar-refractivity contribution in [2.24, 2.45) is 5.92 Å². The molecule has 1 N–H and O–H groups in total. The molecule has 0 unspecified atom stereocenters. The molecule has 0 saturated heterocycles. The zero-order valence-corrected chi connectivity index (χ0v) is 10.4. The normalized spacial score (nSPS) is 12.8. The standard InChI is InChI=1S/C14H22O2/c1-4-14(15)12-5-7-13(8-6-12)16-10-9-11(2)3/h5-8,11,14-15H,4,9-10H2,1-3H3/t14-/m0/s1. The van der Waals surface area contributed by atoms with Crippen LogP contribution >= 0.6 is 0 Å². The van der Waals surface area contributed by atoms with Crippen LogP contribution in [0.15, 0.2) is 24.3 Å². The summed E-state index contributed by atoms with van der Waals surface area (Å²) in [4.78, 5) is 0. The van der Waals surface area contributed by atoms with Crippen molar-refractivity contribution in [3.8, 4) is 5.75 Å². The van der Waals surface area contributed by atoms with Crippen LogP contribution in [0.1, 0.15) is 45.3 Å². The third-order valence-electron chi connectivity index (χ3n) is 2.62. The molecule has 1 atom stereocenters. The maximum Gasteiger partial charge on any atom is 0.119 e. The van der Waals surface area contributed by atoms with Crippen LogP contribution in [0.25, 0.3) is 0 Å². The van der Waals surface area contributed by atoms with E-state index < -0.39 is 0 Å². The molecule has 0 aliphatic heterocycles. The van der Waals surface area contributed by atoms with E-state index in [9.17, 15) is 5.11 Å². The summed E-state index contributed by atoms with van der Waals surface area (Å²) in [5.41, 5.74) is 0.957. The molecule has 16 heavy (non-hydrogen) atoms. The van der Waals surface area contributed by atoms with Gasteiger partial charge in [0.2, 0.25) is 0 Å². The first-order valence-electron chi connectivity index (χ1n) is 6.04. The smallest absolute Gasteiger partial charge is 0.119 e. The van der Waals surface area contributed by atoms with E-state index in [0.29, 0.717) is 5.92 Å². The fourth-order valence-electron chi connectivity index (χ4n) is 1.43. The molecular weight excluding hydrogens is 200 g/mol. The Kier molecular flexibility index (Phi) is 5.33. The lowest BCUT2D eigenvalue weighted by molar-refractivity contribution is 0.173. The molecule has 0 amide bonds. The van der Waals surface area contributed by atoms with Gasteiger partial charge < -0.3 is 9.84 Å². The summed E-state index contributed by atoms with van der Waals surface area (Å²) < 4.78 is 5.60. The number of aliphatic hydroxyl groups is 1. The number of ether oxygens (including phenoxy) is 1. The van der Waals surface area contributed by atoms with E-state index in [1.54, 1.807) is 0 Å². The summed E-state index contributed by atoms with van der Waals surface area (Å²) >= 11 is 0. The number of aliphatic hydroxyl groups excluding tert-OH is 1. The van der Waals surface area contributed by atoms with Crippen molar-refractivity contribution >= 4 is 0 Å². The SMILES string of the molecule is CC[C@H](O)c1ccc(OCCC(C)C)cc1. The van der Waals surface area contributed by atoms with E-state index >= 15 is 0 Å². The van der Waals surface area contributed by atoms with Crippen LogP contribution < -0.4 is 4.74 Å². The Labute approximate surface area is 98.3 Å². The van der Waals surface area contributed by atoms with Gasteiger partial charge in [0.15, 0.2) is 0 Å². The van der Waals surface area contributed by atoms with Crippen molar-refractivity contribution < 1.29 is 9.84 Å². The Morgan fingerprint density at radius 3 is 2.31 bits per heavy atom. The molecule has 2 nitrogen and oxygen atoms in total. The van der Waals surface area contributed by atoms with E-state index in [2.05, 4.69) is 13.8 Å². The molecule has 0 spiro atoms. The lowest BCUT2D eigenvalue weighted by Gasteiger charge is -2.10. The van der Waals surface area contributed by atoms with Crippen molar-refractivity contribution in [2.75, 3.05) is 6.61 Å². The number of benzene rings is 1. The molecule has 1 aromatic carbocycles. The van der Waals surface area contributed by atoms with E-state index in [0.717, 1.165) is 30.8 Å². The summed E-state index contributed by atoms with van der Waals surface area (Å²) in [7, 11) is 0. The quantitative estimate of drug-likeness (QED) is 0.797. The Hall–Kier alpha value is -1.02. The Bertz CT molecular complexity index is 290. The summed E-state index contributed by atoms with van der Waals surface area (Å²) in [6.45, 7) is 7.10. The highest BCUT2D eigenvalue weighted by Crippen LogP contribution is 2.20. The van der Waals surface area contributed by atoms with Crippen molar-refractivity contribution in [2.45, 2.75) is 39.7 Å². The molecular formula is C14H22O2. The van der Waals surface area contributed by atoms with E-state index in [-0.39, 0.29) is 6.10 Å². The van der Waals surface area contributed by atoms with Gasteiger partial charge in [0.25, 0.3) is 0 Å². The number of hydrogen-bond donors (Lipinski definition) is 1. The molecule has 0 heterocycles. The zero-order valence-electron chi connectivity index (χ0n) is 10.4. The maximum atomic E-state index is 9.63. The molecule has 0 saturated carbocycles. The predicted molar refractivity (Wildman–Crippen MR) is 66.6 cm³/mol. The minimum absolute atomic E-state index is 0.357. The highest BCUT2D eigenvalue weighted by molar-refractivity contribution is 5.28. The van der Waals surface area contributed by atoms with E-state index in [1.807, 2.05) is 31.2 Å². The van der Waals surface area contributed by atoms with Gasteiger partial charge in [0, 0.05) is 0 Å². The van der Waals surface area contributed by atoms with Crippen molar-refractivity contribution in [3.63, 3.8) is 0 Å². The molecule has 0 aliphatic carbocycles. The third kappa shape index (κ3) is 4.23. The molecule has 1 rings (SSSR count). The van der Waals surface area contributed by atoms with Crippen molar-refractivity contribution in [1.29, 1.82) is 0 Å². The second-order valence-electron chi connectivity index (χ2n) is 4.52. The van der Waals surface area contributed by atoms with Gasteiger partial charge in [-0.2, -0.15) is 0 Å². The highest BCUT2D eigenvalue weighted by Gasteiger charge is 2.04. The largest absolute Gasteiger partial charge is 0.494 e. The minimum atomic E-state index is -0.357. The lowest BCUT2D eigenvalue weighted by Crippen LogP contribution is -2.01. The zero-order chi connectivity index (χ0) is 12.0. The predicted octanol–water partition coefficient (Wildman–Crippen LogP) is 3.55. The number of hydrogen-bond acceptors (Lipinski definition) is 2. The lowest BCUT2D eigenvalue weighted by atomic mass is 10.1. The van der Waals surface area contributed by atoms with Gasteiger partial charge in [0.1, 0.15) is 5.75 Å². The van der Waals surface area contributed by atoms with Gasteiger partial charge in [-0.1, -0.05) is 32.9 Å². The summed E-state index contributed by atoms with van der Waals surface area (Å²) in [6, 6.07) is 7.71. The van der Waals surface area contributed by atoms with Crippen LogP contribution in [0.2, 0.25) is 0 Å². The molecule has 1 aromatic rings.